The molecular weight excluding hydrogens is 358 g/mol. The van der Waals surface area contributed by atoms with Crippen LogP contribution in [0.1, 0.15) is 64.2 Å². The lowest BCUT2D eigenvalue weighted by Crippen LogP contribution is -2.32. The number of aromatic hydroxyl groups is 1. The van der Waals surface area contributed by atoms with E-state index in [-0.39, 0.29) is 17.4 Å². The van der Waals surface area contributed by atoms with Gasteiger partial charge in [0.15, 0.2) is 0 Å². The molecule has 2 heterocycles. The maximum absolute atomic E-state index is 10.2. The number of ether oxygens (including phenoxy) is 1. The number of benzene rings is 2. The van der Waals surface area contributed by atoms with E-state index in [1.165, 1.54) is 16.7 Å². The first-order valence-electron chi connectivity index (χ1n) is 9.66. The summed E-state index contributed by atoms with van der Waals surface area (Å²) in [5.41, 5.74) is 6.52. The number of halogens is 1. The first-order chi connectivity index (χ1) is 12.8. The quantitative estimate of drug-likeness (QED) is 0.602. The predicted octanol–water partition coefficient (Wildman–Crippen LogP) is 6.94. The van der Waals surface area contributed by atoms with Gasteiger partial charge in [-0.1, -0.05) is 37.1 Å². The summed E-state index contributed by atoms with van der Waals surface area (Å²) in [7, 11) is 0. The maximum Gasteiger partial charge on any atom is 0.135 e. The summed E-state index contributed by atoms with van der Waals surface area (Å²) in [6.45, 7) is 8.71. The average Bonchev–Trinajstić information content (AvgIpc) is 2.61. The number of nitrogens with one attached hydrogen (secondary N) is 1. The number of fused-ring (bicyclic) bond motifs is 5. The molecule has 0 fully saturated rings. The van der Waals surface area contributed by atoms with Crippen molar-refractivity contribution in [1.29, 1.82) is 0 Å². The fraction of sp³-hybridized carbons (Fsp3) is 0.391. The summed E-state index contributed by atoms with van der Waals surface area (Å²) in [4.78, 5) is 0. The van der Waals surface area contributed by atoms with Crippen LogP contribution in [0.25, 0.3) is 16.7 Å². The van der Waals surface area contributed by atoms with Crippen molar-refractivity contribution in [3.63, 3.8) is 0 Å². The summed E-state index contributed by atoms with van der Waals surface area (Å²) >= 11 is 6.50. The Balaban J connectivity index is 1.98. The van der Waals surface area contributed by atoms with Crippen molar-refractivity contribution in [3.8, 4) is 22.6 Å². The van der Waals surface area contributed by atoms with Crippen LogP contribution in [0.15, 0.2) is 30.3 Å². The summed E-state index contributed by atoms with van der Waals surface area (Å²) in [5, 5.41) is 14.1. The molecule has 0 aromatic heterocycles. The molecule has 1 unspecified atom stereocenters. The van der Waals surface area contributed by atoms with E-state index >= 15 is 0 Å². The molecule has 2 aromatic rings. The third-order valence-electron chi connectivity index (χ3n) is 5.44. The predicted molar refractivity (Wildman–Crippen MR) is 113 cm³/mol. The van der Waals surface area contributed by atoms with Crippen LogP contribution in [0.4, 0.5) is 5.69 Å². The lowest BCUT2D eigenvalue weighted by molar-refractivity contribution is 0.187. The highest BCUT2D eigenvalue weighted by Crippen LogP contribution is 2.53. The second kappa shape index (κ2) is 6.49. The molecule has 0 radical (unpaired) electrons. The van der Waals surface area contributed by atoms with Crippen molar-refractivity contribution in [2.24, 2.45) is 0 Å². The van der Waals surface area contributed by atoms with Crippen LogP contribution >= 0.6 is 11.6 Å². The molecule has 4 rings (SSSR count). The topological polar surface area (TPSA) is 41.5 Å². The highest BCUT2D eigenvalue weighted by molar-refractivity contribution is 6.35. The third kappa shape index (κ3) is 2.98. The molecule has 2 aliphatic rings. The monoisotopic (exact) mass is 383 g/mol. The molecule has 0 spiro atoms. The van der Waals surface area contributed by atoms with E-state index in [0.717, 1.165) is 41.8 Å². The number of allylic oxidation sites excluding steroid dienone is 1. The Morgan fingerprint density at radius 2 is 1.96 bits per heavy atom. The van der Waals surface area contributed by atoms with E-state index in [1.54, 1.807) is 6.07 Å². The van der Waals surface area contributed by atoms with Crippen LogP contribution in [0.5, 0.6) is 11.5 Å². The third-order valence-corrected chi connectivity index (χ3v) is 5.82. The number of phenols is 1. The zero-order valence-electron chi connectivity index (χ0n) is 16.3. The fourth-order valence-corrected chi connectivity index (χ4v) is 4.66. The van der Waals surface area contributed by atoms with E-state index in [4.69, 9.17) is 16.3 Å². The van der Waals surface area contributed by atoms with Gasteiger partial charge < -0.3 is 15.2 Å². The molecular formula is C23H26ClNO2. The van der Waals surface area contributed by atoms with Gasteiger partial charge >= 0.3 is 0 Å². The van der Waals surface area contributed by atoms with Gasteiger partial charge in [0.1, 0.15) is 17.6 Å². The number of hydrogen-bond donors (Lipinski definition) is 2. The highest BCUT2D eigenvalue weighted by atomic mass is 35.5. The fourth-order valence-electron chi connectivity index (χ4n) is 4.40. The molecule has 0 aliphatic carbocycles. The van der Waals surface area contributed by atoms with Crippen LogP contribution in [0.3, 0.4) is 0 Å². The Kier molecular flexibility index (Phi) is 4.38. The molecule has 2 aromatic carbocycles. The minimum Gasteiger partial charge on any atom is -0.506 e. The second-order valence-electron chi connectivity index (χ2n) is 8.14. The van der Waals surface area contributed by atoms with E-state index in [9.17, 15) is 5.11 Å². The van der Waals surface area contributed by atoms with Crippen LogP contribution < -0.4 is 10.1 Å². The van der Waals surface area contributed by atoms with Gasteiger partial charge in [-0.3, -0.25) is 0 Å². The van der Waals surface area contributed by atoms with Gasteiger partial charge in [0, 0.05) is 22.4 Å². The molecule has 3 nitrogen and oxygen atoms in total. The smallest absolute Gasteiger partial charge is 0.135 e. The van der Waals surface area contributed by atoms with Crippen molar-refractivity contribution in [1.82, 2.24) is 0 Å². The molecule has 2 N–H and O–H groups in total. The van der Waals surface area contributed by atoms with E-state index in [0.29, 0.717) is 5.02 Å². The number of unbranched alkanes of at least 4 members (excludes halogenated alkanes) is 1. The number of anilines is 1. The zero-order chi connectivity index (χ0) is 19.3. The summed E-state index contributed by atoms with van der Waals surface area (Å²) in [6, 6.07) is 7.67. The Bertz CT molecular complexity index is 946. The summed E-state index contributed by atoms with van der Waals surface area (Å²) in [5.74, 6) is 0.832. The Morgan fingerprint density at radius 3 is 2.70 bits per heavy atom. The average molecular weight is 384 g/mol. The lowest BCUT2D eigenvalue weighted by Gasteiger charge is -2.37. The van der Waals surface area contributed by atoms with Gasteiger partial charge in [-0.25, -0.2) is 0 Å². The van der Waals surface area contributed by atoms with Crippen LogP contribution in [-0.2, 0) is 0 Å². The molecule has 0 saturated heterocycles. The van der Waals surface area contributed by atoms with E-state index in [1.807, 2.05) is 6.07 Å². The van der Waals surface area contributed by atoms with Crippen LogP contribution in [0, 0.1) is 0 Å². The van der Waals surface area contributed by atoms with Crippen molar-refractivity contribution < 1.29 is 9.84 Å². The Morgan fingerprint density at radius 1 is 1.19 bits per heavy atom. The molecule has 0 amide bonds. The van der Waals surface area contributed by atoms with Crippen molar-refractivity contribution in [3.05, 3.63) is 46.5 Å². The van der Waals surface area contributed by atoms with Gasteiger partial charge in [-0.2, -0.15) is 0 Å². The van der Waals surface area contributed by atoms with Gasteiger partial charge in [0.25, 0.3) is 0 Å². The molecule has 0 saturated carbocycles. The lowest BCUT2D eigenvalue weighted by atomic mass is 9.81. The SMILES string of the molecule is CCCCC1Oc2ccc(O)c(Cl)c2-c2ccc3c(c21)C(C)=CC(C)(C)N3. The Labute approximate surface area is 166 Å². The largest absolute Gasteiger partial charge is 0.506 e. The highest BCUT2D eigenvalue weighted by Gasteiger charge is 2.34. The molecule has 2 aliphatic heterocycles. The minimum atomic E-state index is -0.0897. The first kappa shape index (κ1) is 18.2. The normalized spacial score (nSPS) is 19.1. The minimum absolute atomic E-state index is 0.0191. The number of phenolic OH excluding ortho intramolecular Hbond substituents is 1. The first-order valence-corrected chi connectivity index (χ1v) is 10.0. The van der Waals surface area contributed by atoms with E-state index in [2.05, 4.69) is 51.2 Å². The molecule has 142 valence electrons. The van der Waals surface area contributed by atoms with Gasteiger partial charge in [0.05, 0.1) is 10.6 Å². The molecule has 4 heteroatoms. The molecule has 0 bridgehead atoms. The maximum atomic E-state index is 10.2. The van der Waals surface area contributed by atoms with Crippen molar-refractivity contribution in [2.45, 2.75) is 58.6 Å². The zero-order valence-corrected chi connectivity index (χ0v) is 17.1. The molecule has 27 heavy (non-hydrogen) atoms. The van der Waals surface area contributed by atoms with Crippen LogP contribution in [0.2, 0.25) is 5.02 Å². The molecule has 1 atom stereocenters. The number of rotatable bonds is 3. The van der Waals surface area contributed by atoms with Crippen LogP contribution in [-0.4, -0.2) is 10.6 Å². The van der Waals surface area contributed by atoms with E-state index < -0.39 is 0 Å². The van der Waals surface area contributed by atoms with Crippen molar-refractivity contribution in [2.75, 3.05) is 5.32 Å². The number of hydrogen-bond acceptors (Lipinski definition) is 3. The standard InChI is InChI=1S/C23H26ClNO2/c1-5-6-7-17-20-14(21-18(27-17)11-10-16(26)22(21)24)8-9-15-19(20)13(2)12-23(3,4)25-15/h8-12,17,25-26H,5-7H2,1-4H3. The Hall–Kier alpha value is -2.13. The van der Waals surface area contributed by atoms with Gasteiger partial charge in [0.2, 0.25) is 0 Å². The summed E-state index contributed by atoms with van der Waals surface area (Å²) in [6.07, 6.45) is 5.42. The van der Waals surface area contributed by atoms with Gasteiger partial charge in [-0.05, 0) is 62.9 Å². The van der Waals surface area contributed by atoms with Gasteiger partial charge in [-0.15, -0.1) is 0 Å². The second-order valence-corrected chi connectivity index (χ2v) is 8.52. The van der Waals surface area contributed by atoms with Crippen molar-refractivity contribution >= 4 is 22.9 Å². The summed E-state index contributed by atoms with van der Waals surface area (Å²) < 4.78 is 6.41.